The molecule has 11 rings (SSSR count). The van der Waals surface area contributed by atoms with Crippen LogP contribution in [0.4, 0.5) is 0 Å². The number of phenolic OH excluding ortho intramolecular Hbond substituents is 1. The number of rotatable bonds is 13. The molecule has 0 aliphatic heterocycles. The third kappa shape index (κ3) is 7.79. The SMILES string of the molecule is CCCCC(CC(CC(COc1ccccc1O)c1ccccc1)c1cccc2cc3cc4ccc5cc6cc7cc8ccccc8cc7cc6cc5c4cc3cc12)c1ccccc1. The number of aromatic hydroxyl groups is 1. The van der Waals surface area contributed by atoms with Gasteiger partial charge in [-0.2, -0.15) is 0 Å². The molecule has 1 N–H and O–H groups in total. The van der Waals surface area contributed by atoms with Crippen molar-refractivity contribution < 1.29 is 9.84 Å². The molecule has 3 atom stereocenters. The van der Waals surface area contributed by atoms with E-state index in [1.807, 2.05) is 18.2 Å². The molecule has 2 heteroatoms. The first-order valence-electron chi connectivity index (χ1n) is 23.1. The zero-order valence-electron chi connectivity index (χ0n) is 36.4. The molecule has 0 spiro atoms. The number of fused-ring (bicyclic) bond motifs is 8. The number of ether oxygens (including phenoxy) is 1. The van der Waals surface area contributed by atoms with E-state index in [9.17, 15) is 5.11 Å². The molecule has 0 heterocycles. The third-order valence-electron chi connectivity index (χ3n) is 13.9. The Bertz CT molecular complexity index is 3460. The van der Waals surface area contributed by atoms with Crippen LogP contribution in [-0.4, -0.2) is 11.7 Å². The summed E-state index contributed by atoms with van der Waals surface area (Å²) in [6.45, 7) is 2.77. The Kier molecular flexibility index (Phi) is 10.7. The lowest BCUT2D eigenvalue weighted by atomic mass is 9.76. The highest BCUT2D eigenvalue weighted by atomic mass is 16.5. The van der Waals surface area contributed by atoms with Gasteiger partial charge in [0, 0.05) is 5.92 Å². The largest absolute Gasteiger partial charge is 0.504 e. The molecule has 312 valence electrons. The van der Waals surface area contributed by atoms with E-state index in [2.05, 4.69) is 183 Å². The van der Waals surface area contributed by atoms with Crippen LogP contribution in [0.2, 0.25) is 0 Å². The van der Waals surface area contributed by atoms with E-state index >= 15 is 0 Å². The van der Waals surface area contributed by atoms with Crippen molar-refractivity contribution in [2.45, 2.75) is 56.8 Å². The van der Waals surface area contributed by atoms with Gasteiger partial charge in [0.2, 0.25) is 0 Å². The van der Waals surface area contributed by atoms with Crippen LogP contribution >= 0.6 is 0 Å². The standard InChI is InChI=1S/C62H52O2/c1-2-3-15-43(41-16-6-4-7-17-41)30-55(36-56(42-18-8-5-9-19-42)40-64-62-25-13-12-24-61(62)63)57-23-14-22-46-31-51-32-47-26-27-48-33-52-34-49-28-44-20-10-11-21-45(44)29-50(49)35-53(52)37-59(48)60(47)39-54(51)38-58(46)57/h4-14,16-29,31-35,37-39,43,55-56,63H,2-3,15,30,36,40H2,1H3. The normalized spacial score (nSPS) is 13.3. The van der Waals surface area contributed by atoms with Crippen molar-refractivity contribution in [1.29, 1.82) is 0 Å². The second kappa shape index (κ2) is 17.2. The van der Waals surface area contributed by atoms with Crippen molar-refractivity contribution in [3.8, 4) is 11.5 Å². The summed E-state index contributed by atoms with van der Waals surface area (Å²) in [5.41, 5.74) is 4.06. The molecular formula is C62H52O2. The van der Waals surface area contributed by atoms with Crippen molar-refractivity contribution in [3.05, 3.63) is 217 Å². The highest BCUT2D eigenvalue weighted by Crippen LogP contribution is 2.44. The fraction of sp³-hybridized carbons (Fsp3) is 0.161. The molecule has 0 aliphatic rings. The van der Waals surface area contributed by atoms with Crippen molar-refractivity contribution in [3.63, 3.8) is 0 Å². The summed E-state index contributed by atoms with van der Waals surface area (Å²) < 4.78 is 6.48. The van der Waals surface area contributed by atoms with Crippen LogP contribution in [-0.2, 0) is 0 Å². The molecular weight excluding hydrogens is 777 g/mol. The van der Waals surface area contributed by atoms with E-state index in [1.165, 1.54) is 105 Å². The van der Waals surface area contributed by atoms with E-state index in [0.717, 1.165) is 19.3 Å². The van der Waals surface area contributed by atoms with Gasteiger partial charge in [0.1, 0.15) is 0 Å². The topological polar surface area (TPSA) is 29.5 Å². The van der Waals surface area contributed by atoms with Crippen molar-refractivity contribution >= 4 is 75.4 Å². The Balaban J connectivity index is 1.04. The lowest BCUT2D eigenvalue weighted by Crippen LogP contribution is -2.17. The fourth-order valence-electron chi connectivity index (χ4n) is 10.6. The molecule has 0 bridgehead atoms. The van der Waals surface area contributed by atoms with Crippen molar-refractivity contribution in [1.82, 2.24) is 0 Å². The van der Waals surface area contributed by atoms with E-state index in [4.69, 9.17) is 4.74 Å². The molecule has 0 fully saturated rings. The maximum Gasteiger partial charge on any atom is 0.160 e. The molecule has 0 saturated carbocycles. The number of hydrogen-bond acceptors (Lipinski definition) is 2. The van der Waals surface area contributed by atoms with Gasteiger partial charge in [-0.15, -0.1) is 0 Å². The Labute approximate surface area is 375 Å². The molecule has 3 unspecified atom stereocenters. The van der Waals surface area contributed by atoms with Gasteiger partial charge in [-0.05, 0) is 196 Å². The van der Waals surface area contributed by atoms with Crippen LogP contribution in [0.5, 0.6) is 11.5 Å². The molecule has 0 aliphatic carbocycles. The monoisotopic (exact) mass is 828 g/mol. The Morgan fingerprint density at radius 3 is 1.45 bits per heavy atom. The van der Waals surface area contributed by atoms with Gasteiger partial charge in [0.15, 0.2) is 11.5 Å². The summed E-state index contributed by atoms with van der Waals surface area (Å²) >= 11 is 0. The quantitative estimate of drug-likeness (QED) is 0.0927. The number of para-hydroxylation sites is 2. The molecule has 0 saturated heterocycles. The van der Waals surface area contributed by atoms with Crippen molar-refractivity contribution in [2.24, 2.45) is 0 Å². The zero-order valence-corrected chi connectivity index (χ0v) is 36.4. The number of benzene rings is 11. The molecule has 0 aromatic heterocycles. The van der Waals surface area contributed by atoms with E-state index in [0.29, 0.717) is 18.3 Å². The first-order valence-corrected chi connectivity index (χ1v) is 23.1. The van der Waals surface area contributed by atoms with E-state index < -0.39 is 0 Å². The molecule has 11 aromatic carbocycles. The number of hydrogen-bond donors (Lipinski definition) is 1. The lowest BCUT2D eigenvalue weighted by molar-refractivity contribution is 0.260. The molecule has 11 aromatic rings. The minimum atomic E-state index is 0.102. The number of unbranched alkanes of at least 4 members (excludes halogenated alkanes) is 1. The first kappa shape index (κ1) is 39.7. The van der Waals surface area contributed by atoms with Gasteiger partial charge < -0.3 is 9.84 Å². The van der Waals surface area contributed by atoms with Gasteiger partial charge in [0.25, 0.3) is 0 Å². The van der Waals surface area contributed by atoms with Gasteiger partial charge in [0.05, 0.1) is 6.61 Å². The summed E-state index contributed by atoms with van der Waals surface area (Å²) in [5.74, 6) is 1.45. The highest BCUT2D eigenvalue weighted by Gasteiger charge is 2.26. The summed E-state index contributed by atoms with van der Waals surface area (Å²) in [6, 6.07) is 73.4. The van der Waals surface area contributed by atoms with Crippen LogP contribution in [0.3, 0.4) is 0 Å². The van der Waals surface area contributed by atoms with Crippen molar-refractivity contribution in [2.75, 3.05) is 6.61 Å². The maximum atomic E-state index is 10.7. The predicted octanol–water partition coefficient (Wildman–Crippen LogP) is 17.2. The summed E-state index contributed by atoms with van der Waals surface area (Å²) in [5, 5.41) is 28.5. The smallest absolute Gasteiger partial charge is 0.160 e. The Hall–Kier alpha value is -7.16. The summed E-state index contributed by atoms with van der Waals surface area (Å²) in [6.07, 6.45) is 5.44. The van der Waals surface area contributed by atoms with E-state index in [-0.39, 0.29) is 17.6 Å². The third-order valence-corrected chi connectivity index (χ3v) is 13.9. The predicted molar refractivity (Wildman–Crippen MR) is 272 cm³/mol. The van der Waals surface area contributed by atoms with Crippen LogP contribution in [0.1, 0.15) is 73.5 Å². The van der Waals surface area contributed by atoms with Gasteiger partial charge in [-0.25, -0.2) is 0 Å². The zero-order chi connectivity index (χ0) is 43.0. The van der Waals surface area contributed by atoms with Gasteiger partial charge >= 0.3 is 0 Å². The Morgan fingerprint density at radius 2 is 0.844 bits per heavy atom. The fourth-order valence-corrected chi connectivity index (χ4v) is 10.6. The van der Waals surface area contributed by atoms with Crippen LogP contribution in [0.15, 0.2) is 200 Å². The van der Waals surface area contributed by atoms with Crippen LogP contribution in [0.25, 0.3) is 75.4 Å². The minimum Gasteiger partial charge on any atom is -0.504 e. The minimum absolute atomic E-state index is 0.102. The molecule has 2 nitrogen and oxygen atoms in total. The second-order valence-corrected chi connectivity index (χ2v) is 18.0. The number of phenols is 1. The van der Waals surface area contributed by atoms with Gasteiger partial charge in [-0.3, -0.25) is 0 Å². The highest BCUT2D eigenvalue weighted by molar-refractivity contribution is 6.17. The first-order chi connectivity index (χ1) is 31.5. The molecule has 0 radical (unpaired) electrons. The maximum absolute atomic E-state index is 10.7. The molecule has 64 heavy (non-hydrogen) atoms. The second-order valence-electron chi connectivity index (χ2n) is 18.0. The average molecular weight is 829 g/mol. The van der Waals surface area contributed by atoms with Gasteiger partial charge in [-0.1, -0.05) is 147 Å². The lowest BCUT2D eigenvalue weighted by Gasteiger charge is -2.29. The van der Waals surface area contributed by atoms with E-state index in [1.54, 1.807) is 6.07 Å². The average Bonchev–Trinajstić information content (AvgIpc) is 3.33. The summed E-state index contributed by atoms with van der Waals surface area (Å²) in [7, 11) is 0. The molecule has 0 amide bonds. The Morgan fingerprint density at radius 1 is 0.391 bits per heavy atom. The van der Waals surface area contributed by atoms with Crippen LogP contribution in [0, 0.1) is 0 Å². The summed E-state index contributed by atoms with van der Waals surface area (Å²) in [4.78, 5) is 0. The van der Waals surface area contributed by atoms with Crippen LogP contribution < -0.4 is 4.74 Å².